The highest BCUT2D eigenvalue weighted by atomic mass is 35.5. The topological polar surface area (TPSA) is 84.0 Å². The fraction of sp³-hybridized carbons (Fsp3) is 0.316. The molecule has 1 N–H and O–H groups in total. The molecular weight excluding hydrogens is 384 g/mol. The molecule has 2 aromatic rings. The van der Waals surface area contributed by atoms with Crippen LogP contribution in [0.2, 0.25) is 5.02 Å². The zero-order valence-corrected chi connectivity index (χ0v) is 16.2. The van der Waals surface area contributed by atoms with Crippen LogP contribution in [0, 0.1) is 0 Å². The molecule has 1 aliphatic rings. The first kappa shape index (κ1) is 19.8. The van der Waals surface area contributed by atoms with E-state index in [1.807, 2.05) is 0 Å². The van der Waals surface area contributed by atoms with Gasteiger partial charge in [-0.15, -0.1) is 0 Å². The van der Waals surface area contributed by atoms with Gasteiger partial charge in [-0.05, 0) is 30.3 Å². The fourth-order valence-electron chi connectivity index (χ4n) is 2.70. The van der Waals surface area contributed by atoms with Crippen molar-refractivity contribution in [3.63, 3.8) is 0 Å². The molecule has 3 amide bonds. The second-order valence-corrected chi connectivity index (χ2v) is 6.57. The quantitative estimate of drug-likeness (QED) is 0.827. The third-order valence-corrected chi connectivity index (χ3v) is 4.54. The number of carbonyl (C=O) groups excluding carboxylic acids is 2. The Kier molecular flexibility index (Phi) is 6.54. The number of nitrogens with zero attached hydrogens (tertiary/aromatic N) is 3. The number of halogens is 1. The van der Waals surface area contributed by atoms with Gasteiger partial charge < -0.3 is 24.6 Å². The predicted octanol–water partition coefficient (Wildman–Crippen LogP) is 2.50. The number of pyridine rings is 1. The van der Waals surface area contributed by atoms with Gasteiger partial charge in [0.05, 0.1) is 19.0 Å². The van der Waals surface area contributed by atoms with Crippen LogP contribution in [0.15, 0.2) is 42.6 Å². The van der Waals surface area contributed by atoms with Gasteiger partial charge in [-0.1, -0.05) is 11.6 Å². The fourth-order valence-corrected chi connectivity index (χ4v) is 2.83. The molecule has 1 aromatic heterocycles. The van der Waals surface area contributed by atoms with E-state index < -0.39 is 0 Å². The second-order valence-electron chi connectivity index (χ2n) is 6.13. The number of carbonyl (C=O) groups is 2. The maximum absolute atomic E-state index is 12.4. The third kappa shape index (κ3) is 5.26. The molecule has 0 aliphatic carbocycles. The standard InChI is InChI=1S/C19H21ClN4O4/c1-27-17-7-4-15(12-21-17)22-19(26)24-10-8-23(9-11-24)18(25)13-28-16-5-2-14(20)3-6-16/h2-7,12H,8-11,13H2,1H3,(H,22,26). The number of ether oxygens (including phenoxy) is 2. The lowest BCUT2D eigenvalue weighted by Crippen LogP contribution is -2.52. The van der Waals surface area contributed by atoms with Gasteiger partial charge in [0, 0.05) is 37.3 Å². The van der Waals surface area contributed by atoms with Gasteiger partial charge in [0.15, 0.2) is 6.61 Å². The van der Waals surface area contributed by atoms with Gasteiger partial charge in [-0.3, -0.25) is 4.79 Å². The average molecular weight is 405 g/mol. The summed E-state index contributed by atoms with van der Waals surface area (Å²) in [5, 5.41) is 3.40. The first-order valence-electron chi connectivity index (χ1n) is 8.77. The lowest BCUT2D eigenvalue weighted by molar-refractivity contribution is -0.134. The van der Waals surface area contributed by atoms with E-state index in [0.29, 0.717) is 48.5 Å². The molecule has 1 saturated heterocycles. The number of rotatable bonds is 5. The zero-order chi connectivity index (χ0) is 19.9. The van der Waals surface area contributed by atoms with Gasteiger partial charge in [0.25, 0.3) is 5.91 Å². The minimum Gasteiger partial charge on any atom is -0.484 e. The van der Waals surface area contributed by atoms with Gasteiger partial charge in [-0.2, -0.15) is 0 Å². The molecule has 0 bridgehead atoms. The number of aromatic nitrogens is 1. The zero-order valence-electron chi connectivity index (χ0n) is 15.4. The summed E-state index contributed by atoms with van der Waals surface area (Å²) in [5.74, 6) is 0.948. The van der Waals surface area contributed by atoms with Crippen molar-refractivity contribution in [1.29, 1.82) is 0 Å². The van der Waals surface area contributed by atoms with Crippen molar-refractivity contribution in [1.82, 2.24) is 14.8 Å². The smallest absolute Gasteiger partial charge is 0.322 e. The average Bonchev–Trinajstić information content (AvgIpc) is 2.73. The normalized spacial score (nSPS) is 13.8. The number of piperazine rings is 1. The number of nitrogens with one attached hydrogen (secondary N) is 1. The van der Waals surface area contributed by atoms with Crippen molar-refractivity contribution in [3.8, 4) is 11.6 Å². The van der Waals surface area contributed by atoms with Gasteiger partial charge in [0.2, 0.25) is 5.88 Å². The van der Waals surface area contributed by atoms with Crippen LogP contribution in [0.25, 0.3) is 0 Å². The second kappa shape index (κ2) is 9.27. The highest BCUT2D eigenvalue weighted by Gasteiger charge is 2.24. The van der Waals surface area contributed by atoms with Crippen LogP contribution in [0.4, 0.5) is 10.5 Å². The van der Waals surface area contributed by atoms with E-state index in [1.165, 1.54) is 13.3 Å². The molecule has 0 unspecified atom stereocenters. The number of benzene rings is 1. The Morgan fingerprint density at radius 1 is 1.07 bits per heavy atom. The Morgan fingerprint density at radius 3 is 2.36 bits per heavy atom. The molecule has 1 fully saturated rings. The molecule has 0 atom stereocenters. The van der Waals surface area contributed by atoms with Gasteiger partial charge in [-0.25, -0.2) is 9.78 Å². The number of urea groups is 1. The summed E-state index contributed by atoms with van der Waals surface area (Å²) < 4.78 is 10.5. The van der Waals surface area contributed by atoms with Gasteiger partial charge in [0.1, 0.15) is 5.75 Å². The van der Waals surface area contributed by atoms with E-state index in [2.05, 4.69) is 10.3 Å². The summed E-state index contributed by atoms with van der Waals surface area (Å²) in [7, 11) is 1.53. The van der Waals surface area contributed by atoms with E-state index in [9.17, 15) is 9.59 Å². The van der Waals surface area contributed by atoms with Crippen LogP contribution in [0.3, 0.4) is 0 Å². The lowest BCUT2D eigenvalue weighted by Gasteiger charge is -2.34. The maximum atomic E-state index is 12.4. The van der Waals surface area contributed by atoms with Crippen molar-refractivity contribution in [2.45, 2.75) is 0 Å². The third-order valence-electron chi connectivity index (χ3n) is 4.29. The summed E-state index contributed by atoms with van der Waals surface area (Å²) in [5.41, 5.74) is 0.584. The number of hydrogen-bond acceptors (Lipinski definition) is 5. The summed E-state index contributed by atoms with van der Waals surface area (Å²) in [6.07, 6.45) is 1.53. The largest absolute Gasteiger partial charge is 0.484 e. The van der Waals surface area contributed by atoms with Crippen molar-refractivity contribution in [3.05, 3.63) is 47.6 Å². The van der Waals surface area contributed by atoms with E-state index in [-0.39, 0.29) is 18.5 Å². The monoisotopic (exact) mass is 404 g/mol. The number of hydrogen-bond donors (Lipinski definition) is 1. The van der Waals surface area contributed by atoms with Crippen LogP contribution in [0.1, 0.15) is 0 Å². The molecule has 9 heteroatoms. The molecule has 148 valence electrons. The van der Waals surface area contributed by atoms with E-state index in [0.717, 1.165) is 0 Å². The summed E-state index contributed by atoms with van der Waals surface area (Å²) >= 11 is 5.82. The Balaban J connectivity index is 1.43. The molecular formula is C19H21ClN4O4. The molecule has 1 aromatic carbocycles. The highest BCUT2D eigenvalue weighted by Crippen LogP contribution is 2.16. The number of methoxy groups -OCH3 is 1. The van der Waals surface area contributed by atoms with E-state index in [4.69, 9.17) is 21.1 Å². The summed E-state index contributed by atoms with van der Waals surface area (Å²) in [6, 6.07) is 10.0. The summed E-state index contributed by atoms with van der Waals surface area (Å²) in [6.45, 7) is 1.75. The van der Waals surface area contributed by atoms with Gasteiger partial charge >= 0.3 is 6.03 Å². The predicted molar refractivity (Wildman–Crippen MR) is 105 cm³/mol. The first-order valence-corrected chi connectivity index (χ1v) is 9.15. The Morgan fingerprint density at radius 2 is 1.75 bits per heavy atom. The molecule has 0 radical (unpaired) electrons. The van der Waals surface area contributed by atoms with E-state index in [1.54, 1.807) is 46.2 Å². The Labute approximate surface area is 168 Å². The molecule has 3 rings (SSSR count). The van der Waals surface area contributed by atoms with Crippen LogP contribution in [-0.4, -0.2) is 66.6 Å². The molecule has 0 saturated carbocycles. The minimum absolute atomic E-state index is 0.0503. The SMILES string of the molecule is COc1ccc(NC(=O)N2CCN(C(=O)COc3ccc(Cl)cc3)CC2)cn1. The lowest BCUT2D eigenvalue weighted by atomic mass is 10.3. The Bertz CT molecular complexity index is 806. The maximum Gasteiger partial charge on any atom is 0.322 e. The van der Waals surface area contributed by atoms with Crippen molar-refractivity contribution in [2.24, 2.45) is 0 Å². The number of anilines is 1. The minimum atomic E-state index is -0.225. The Hall–Kier alpha value is -3.00. The molecule has 28 heavy (non-hydrogen) atoms. The van der Waals surface area contributed by atoms with Crippen LogP contribution >= 0.6 is 11.6 Å². The van der Waals surface area contributed by atoms with Crippen molar-refractivity contribution < 1.29 is 19.1 Å². The highest BCUT2D eigenvalue weighted by molar-refractivity contribution is 6.30. The molecule has 0 spiro atoms. The van der Waals surface area contributed by atoms with Crippen LogP contribution in [-0.2, 0) is 4.79 Å². The molecule has 1 aliphatic heterocycles. The molecule has 2 heterocycles. The van der Waals surface area contributed by atoms with Crippen LogP contribution in [0.5, 0.6) is 11.6 Å². The van der Waals surface area contributed by atoms with Crippen molar-refractivity contribution >= 4 is 29.2 Å². The molecule has 8 nitrogen and oxygen atoms in total. The first-order chi connectivity index (χ1) is 13.5. The van der Waals surface area contributed by atoms with Crippen LogP contribution < -0.4 is 14.8 Å². The number of amides is 3. The summed E-state index contributed by atoms with van der Waals surface area (Å²) in [4.78, 5) is 32.1. The van der Waals surface area contributed by atoms with Crippen molar-refractivity contribution in [2.75, 3.05) is 45.2 Å². The van der Waals surface area contributed by atoms with E-state index >= 15 is 0 Å².